The Bertz CT molecular complexity index is 493. The van der Waals surface area contributed by atoms with Crippen molar-refractivity contribution >= 4 is 11.9 Å². The van der Waals surface area contributed by atoms with Gasteiger partial charge in [0, 0.05) is 5.56 Å². The summed E-state index contributed by atoms with van der Waals surface area (Å²) < 4.78 is 18.3. The number of carbonyl (C=O) groups is 1. The second-order valence-electron chi connectivity index (χ2n) is 5.33. The molecule has 0 aromatic heterocycles. The van der Waals surface area contributed by atoms with Crippen molar-refractivity contribution in [2.24, 2.45) is 10.9 Å². The first-order chi connectivity index (χ1) is 9.54. The predicted octanol–water partition coefficient (Wildman–Crippen LogP) is 2.75. The molecule has 4 nitrogen and oxygen atoms in total. The Hall–Kier alpha value is -1.91. The number of nitrogens with one attached hydrogen (secondary N) is 1. The Labute approximate surface area is 118 Å². The highest BCUT2D eigenvalue weighted by atomic mass is 19.1. The van der Waals surface area contributed by atoms with Crippen LogP contribution in [0.2, 0.25) is 0 Å². The van der Waals surface area contributed by atoms with Crippen LogP contribution in [0, 0.1) is 11.7 Å². The summed E-state index contributed by atoms with van der Waals surface area (Å²) in [6, 6.07) is 5.88. The number of halogens is 1. The Morgan fingerprint density at radius 1 is 1.40 bits per heavy atom. The predicted molar refractivity (Wildman–Crippen MR) is 75.1 cm³/mol. The number of nitrogens with zero attached hydrogens (tertiary/aromatic N) is 1. The van der Waals surface area contributed by atoms with Gasteiger partial charge >= 0.3 is 0 Å². The fraction of sp³-hybridized carbons (Fsp3) is 0.467. The lowest BCUT2D eigenvalue weighted by molar-refractivity contribution is 0.0963. The number of ether oxygens (including phenoxy) is 1. The summed E-state index contributed by atoms with van der Waals surface area (Å²) in [5.41, 5.74) is 0.378. The lowest BCUT2D eigenvalue weighted by Gasteiger charge is -2.12. The van der Waals surface area contributed by atoms with Crippen LogP contribution in [0.4, 0.5) is 4.39 Å². The maximum atomic E-state index is 12.8. The molecule has 1 fully saturated rings. The van der Waals surface area contributed by atoms with Gasteiger partial charge in [0.15, 0.2) is 0 Å². The monoisotopic (exact) mass is 278 g/mol. The van der Waals surface area contributed by atoms with E-state index in [0.717, 1.165) is 12.8 Å². The standard InChI is InChI=1S/C15H19FN2O2/c1-10(2)9-20-15(17-13-7-8-13)18-14(19)11-3-5-12(16)6-4-11/h3-6,10,13H,7-9H2,1-2H3,(H,17,18,19). The van der Waals surface area contributed by atoms with Crippen molar-refractivity contribution in [3.63, 3.8) is 0 Å². The number of amides is 1. The van der Waals surface area contributed by atoms with E-state index in [1.54, 1.807) is 0 Å². The number of amidine groups is 1. The van der Waals surface area contributed by atoms with Crippen molar-refractivity contribution in [1.82, 2.24) is 5.32 Å². The molecule has 1 aliphatic carbocycles. The minimum Gasteiger partial charge on any atom is -0.465 e. The molecular formula is C15H19FN2O2. The van der Waals surface area contributed by atoms with E-state index in [0.29, 0.717) is 18.1 Å². The zero-order valence-corrected chi connectivity index (χ0v) is 11.7. The smallest absolute Gasteiger partial charge is 0.291 e. The fourth-order valence-corrected chi connectivity index (χ4v) is 1.49. The van der Waals surface area contributed by atoms with Crippen molar-refractivity contribution in [1.29, 1.82) is 0 Å². The van der Waals surface area contributed by atoms with Crippen LogP contribution in [-0.4, -0.2) is 24.6 Å². The van der Waals surface area contributed by atoms with Crippen molar-refractivity contribution in [3.8, 4) is 0 Å². The van der Waals surface area contributed by atoms with E-state index >= 15 is 0 Å². The van der Waals surface area contributed by atoms with E-state index in [9.17, 15) is 9.18 Å². The largest absolute Gasteiger partial charge is 0.465 e. The van der Waals surface area contributed by atoms with Gasteiger partial charge in [0.05, 0.1) is 12.6 Å². The van der Waals surface area contributed by atoms with Crippen LogP contribution in [0.3, 0.4) is 0 Å². The average Bonchev–Trinajstić information content (AvgIpc) is 3.20. The van der Waals surface area contributed by atoms with E-state index in [1.807, 2.05) is 13.8 Å². The Balaban J connectivity index is 1.99. The first kappa shape index (κ1) is 14.5. The minimum atomic E-state index is -0.371. The maximum absolute atomic E-state index is 12.8. The number of rotatable bonds is 4. The third kappa shape index (κ3) is 4.64. The van der Waals surface area contributed by atoms with Crippen molar-refractivity contribution in [3.05, 3.63) is 35.6 Å². The van der Waals surface area contributed by atoms with Gasteiger partial charge in [-0.2, -0.15) is 0 Å². The van der Waals surface area contributed by atoms with Crippen molar-refractivity contribution < 1.29 is 13.9 Å². The van der Waals surface area contributed by atoms with Gasteiger partial charge in [-0.05, 0) is 43.0 Å². The lowest BCUT2D eigenvalue weighted by atomic mass is 10.2. The maximum Gasteiger partial charge on any atom is 0.291 e. The molecule has 0 aliphatic heterocycles. The van der Waals surface area contributed by atoms with E-state index in [2.05, 4.69) is 10.3 Å². The molecule has 0 unspecified atom stereocenters. The molecular weight excluding hydrogens is 259 g/mol. The second-order valence-corrected chi connectivity index (χ2v) is 5.33. The molecule has 0 spiro atoms. The third-order valence-corrected chi connectivity index (χ3v) is 2.73. The highest BCUT2D eigenvalue weighted by Crippen LogP contribution is 2.23. The van der Waals surface area contributed by atoms with Gasteiger partial charge in [0.25, 0.3) is 11.9 Å². The Morgan fingerprint density at radius 3 is 2.60 bits per heavy atom. The zero-order valence-electron chi connectivity index (χ0n) is 11.7. The minimum absolute atomic E-state index is 0.255. The van der Waals surface area contributed by atoms with Crippen LogP contribution in [0.1, 0.15) is 37.0 Å². The first-order valence-electron chi connectivity index (χ1n) is 6.82. The highest BCUT2D eigenvalue weighted by molar-refractivity contribution is 6.04. The van der Waals surface area contributed by atoms with E-state index < -0.39 is 0 Å². The topological polar surface area (TPSA) is 50.7 Å². The van der Waals surface area contributed by atoms with Gasteiger partial charge in [0.2, 0.25) is 0 Å². The number of hydrogen-bond donors (Lipinski definition) is 1. The number of aliphatic imine (C=N–C) groups is 1. The molecule has 1 saturated carbocycles. The quantitative estimate of drug-likeness (QED) is 0.680. The van der Waals surface area contributed by atoms with Gasteiger partial charge in [-0.3, -0.25) is 10.1 Å². The van der Waals surface area contributed by atoms with Crippen LogP contribution in [0.15, 0.2) is 29.3 Å². The fourth-order valence-electron chi connectivity index (χ4n) is 1.49. The number of carbonyl (C=O) groups excluding carboxylic acids is 1. The molecule has 0 bridgehead atoms. The number of hydrogen-bond acceptors (Lipinski definition) is 3. The second kappa shape index (κ2) is 6.50. The Morgan fingerprint density at radius 2 is 2.05 bits per heavy atom. The van der Waals surface area contributed by atoms with Crippen LogP contribution < -0.4 is 5.32 Å². The molecule has 0 heterocycles. The normalized spacial score (nSPS) is 15.3. The molecule has 20 heavy (non-hydrogen) atoms. The molecule has 1 aromatic carbocycles. The summed E-state index contributed by atoms with van der Waals surface area (Å²) in [6.45, 7) is 4.54. The van der Waals surface area contributed by atoms with Crippen LogP contribution in [-0.2, 0) is 4.74 Å². The first-order valence-corrected chi connectivity index (χ1v) is 6.82. The molecule has 5 heteroatoms. The SMILES string of the molecule is CC(C)COC(=NC1CC1)NC(=O)c1ccc(F)cc1. The van der Waals surface area contributed by atoms with Gasteiger partial charge in [0.1, 0.15) is 5.82 Å². The van der Waals surface area contributed by atoms with Crippen LogP contribution >= 0.6 is 0 Å². The number of benzene rings is 1. The molecule has 108 valence electrons. The summed E-state index contributed by atoms with van der Waals surface area (Å²) in [5.74, 6) is -0.361. The highest BCUT2D eigenvalue weighted by Gasteiger charge is 2.22. The van der Waals surface area contributed by atoms with Gasteiger partial charge in [-0.1, -0.05) is 13.8 Å². The van der Waals surface area contributed by atoms with Crippen molar-refractivity contribution in [2.45, 2.75) is 32.7 Å². The molecule has 0 radical (unpaired) electrons. The molecule has 1 amide bonds. The molecule has 2 rings (SSSR count). The van der Waals surface area contributed by atoms with E-state index in [-0.39, 0.29) is 23.8 Å². The molecule has 1 N–H and O–H groups in total. The summed E-state index contributed by atoms with van der Waals surface area (Å²) in [6.07, 6.45) is 2.06. The van der Waals surface area contributed by atoms with Crippen molar-refractivity contribution in [2.75, 3.05) is 6.61 Å². The van der Waals surface area contributed by atoms with E-state index in [1.165, 1.54) is 24.3 Å². The van der Waals surface area contributed by atoms with Crippen LogP contribution in [0.5, 0.6) is 0 Å². The van der Waals surface area contributed by atoms with Gasteiger partial charge < -0.3 is 4.74 Å². The van der Waals surface area contributed by atoms with Crippen LogP contribution in [0.25, 0.3) is 0 Å². The van der Waals surface area contributed by atoms with E-state index in [4.69, 9.17) is 4.74 Å². The summed E-state index contributed by atoms with van der Waals surface area (Å²) in [7, 11) is 0. The average molecular weight is 278 g/mol. The summed E-state index contributed by atoms with van der Waals surface area (Å²) in [5, 5.41) is 2.65. The summed E-state index contributed by atoms with van der Waals surface area (Å²) >= 11 is 0. The Kier molecular flexibility index (Phi) is 4.71. The van der Waals surface area contributed by atoms with Gasteiger partial charge in [-0.25, -0.2) is 9.38 Å². The summed E-state index contributed by atoms with van der Waals surface area (Å²) in [4.78, 5) is 16.4. The van der Waals surface area contributed by atoms with Gasteiger partial charge in [-0.15, -0.1) is 0 Å². The molecule has 0 atom stereocenters. The molecule has 0 saturated heterocycles. The third-order valence-electron chi connectivity index (χ3n) is 2.73. The lowest BCUT2D eigenvalue weighted by Crippen LogP contribution is -2.33. The molecule has 1 aliphatic rings. The molecule has 1 aromatic rings. The zero-order chi connectivity index (χ0) is 14.5.